The molecule has 146 valence electrons. The van der Waals surface area contributed by atoms with Gasteiger partial charge in [0.05, 0.1) is 6.04 Å². The lowest BCUT2D eigenvalue weighted by Gasteiger charge is -2.38. The molecule has 1 atom stereocenters. The molecule has 0 unspecified atom stereocenters. The zero-order valence-electron chi connectivity index (χ0n) is 16.0. The SMILES string of the molecule is O=C(N[C@@H](c1ccccc1)c1ccncc1)N1CCN(C2CCCC2)C(=O)C1. The molecular weight excluding hydrogens is 352 g/mol. The maximum atomic E-state index is 13.0. The van der Waals surface area contributed by atoms with Crippen molar-refractivity contribution in [1.82, 2.24) is 20.1 Å². The van der Waals surface area contributed by atoms with Gasteiger partial charge in [-0.25, -0.2) is 4.79 Å². The summed E-state index contributed by atoms with van der Waals surface area (Å²) < 4.78 is 0. The largest absolute Gasteiger partial charge is 0.336 e. The molecule has 1 aromatic carbocycles. The number of pyridine rings is 1. The van der Waals surface area contributed by atoms with Gasteiger partial charge in [0, 0.05) is 31.5 Å². The van der Waals surface area contributed by atoms with E-state index in [4.69, 9.17) is 0 Å². The molecule has 0 radical (unpaired) electrons. The normalized spacial score (nSPS) is 18.9. The number of piperazine rings is 1. The molecule has 2 aromatic rings. The molecule has 2 heterocycles. The highest BCUT2D eigenvalue weighted by Gasteiger charge is 2.33. The number of hydrogen-bond acceptors (Lipinski definition) is 3. The predicted octanol–water partition coefficient (Wildman–Crippen LogP) is 2.97. The molecule has 1 aliphatic heterocycles. The first kappa shape index (κ1) is 18.5. The average Bonchev–Trinajstić information content (AvgIpc) is 3.27. The van der Waals surface area contributed by atoms with Crippen molar-refractivity contribution in [3.63, 3.8) is 0 Å². The van der Waals surface area contributed by atoms with Gasteiger partial charge in [-0.1, -0.05) is 43.2 Å². The summed E-state index contributed by atoms with van der Waals surface area (Å²) in [5, 5.41) is 3.11. The van der Waals surface area contributed by atoms with Crippen molar-refractivity contribution >= 4 is 11.9 Å². The number of rotatable bonds is 4. The van der Waals surface area contributed by atoms with Crippen LogP contribution in [0.15, 0.2) is 54.9 Å². The third-order valence-corrected chi connectivity index (χ3v) is 5.75. The van der Waals surface area contributed by atoms with E-state index in [0.29, 0.717) is 19.1 Å². The van der Waals surface area contributed by atoms with Crippen LogP contribution in [-0.2, 0) is 4.79 Å². The molecule has 0 spiro atoms. The fourth-order valence-corrected chi connectivity index (χ4v) is 4.24. The van der Waals surface area contributed by atoms with Crippen LogP contribution in [0.4, 0.5) is 4.79 Å². The highest BCUT2D eigenvalue weighted by Crippen LogP contribution is 2.25. The molecular formula is C22H26N4O2. The third kappa shape index (κ3) is 4.01. The van der Waals surface area contributed by atoms with Gasteiger partial charge >= 0.3 is 6.03 Å². The van der Waals surface area contributed by atoms with E-state index in [1.807, 2.05) is 47.4 Å². The van der Waals surface area contributed by atoms with Crippen LogP contribution in [-0.4, -0.2) is 52.4 Å². The van der Waals surface area contributed by atoms with Crippen molar-refractivity contribution in [1.29, 1.82) is 0 Å². The van der Waals surface area contributed by atoms with Crippen LogP contribution in [0.25, 0.3) is 0 Å². The van der Waals surface area contributed by atoms with Gasteiger partial charge in [-0.3, -0.25) is 9.78 Å². The van der Waals surface area contributed by atoms with Crippen LogP contribution in [0.3, 0.4) is 0 Å². The molecule has 28 heavy (non-hydrogen) atoms. The third-order valence-electron chi connectivity index (χ3n) is 5.75. The van der Waals surface area contributed by atoms with Crippen LogP contribution in [0.1, 0.15) is 42.9 Å². The van der Waals surface area contributed by atoms with Crippen LogP contribution in [0, 0.1) is 0 Å². The second-order valence-corrected chi connectivity index (χ2v) is 7.52. The Balaban J connectivity index is 1.45. The first-order valence-corrected chi connectivity index (χ1v) is 10.0. The number of carbonyl (C=O) groups excluding carboxylic acids is 2. The molecule has 1 aliphatic carbocycles. The number of nitrogens with zero attached hydrogens (tertiary/aromatic N) is 3. The van der Waals surface area contributed by atoms with Crippen molar-refractivity contribution in [3.8, 4) is 0 Å². The standard InChI is InChI=1S/C22H26N4O2/c27-20-16-25(14-15-26(20)19-8-4-5-9-19)22(28)24-21(17-6-2-1-3-7-17)18-10-12-23-13-11-18/h1-3,6-7,10-13,19,21H,4-5,8-9,14-16H2,(H,24,28)/t21-/m0/s1. The minimum Gasteiger partial charge on any atom is -0.336 e. The van der Waals surface area contributed by atoms with E-state index >= 15 is 0 Å². The van der Waals surface area contributed by atoms with Crippen molar-refractivity contribution in [2.75, 3.05) is 19.6 Å². The van der Waals surface area contributed by atoms with Gasteiger partial charge in [0.2, 0.25) is 5.91 Å². The first-order valence-electron chi connectivity index (χ1n) is 10.0. The summed E-state index contributed by atoms with van der Waals surface area (Å²) in [6, 6.07) is 13.6. The van der Waals surface area contributed by atoms with E-state index in [1.54, 1.807) is 17.3 Å². The Labute approximate surface area is 165 Å². The lowest BCUT2D eigenvalue weighted by molar-refractivity contribution is -0.137. The van der Waals surface area contributed by atoms with E-state index < -0.39 is 0 Å². The molecule has 4 rings (SSSR count). The van der Waals surface area contributed by atoms with Crippen molar-refractivity contribution in [2.45, 2.75) is 37.8 Å². The van der Waals surface area contributed by atoms with Gasteiger partial charge in [-0.05, 0) is 36.1 Å². The second kappa shape index (κ2) is 8.42. The second-order valence-electron chi connectivity index (χ2n) is 7.52. The van der Waals surface area contributed by atoms with Gasteiger partial charge in [-0.2, -0.15) is 0 Å². The fraction of sp³-hybridized carbons (Fsp3) is 0.409. The van der Waals surface area contributed by atoms with Crippen LogP contribution in [0.2, 0.25) is 0 Å². The molecule has 6 nitrogen and oxygen atoms in total. The number of nitrogens with one attached hydrogen (secondary N) is 1. The van der Waals surface area contributed by atoms with Crippen LogP contribution >= 0.6 is 0 Å². The average molecular weight is 378 g/mol. The van der Waals surface area contributed by atoms with E-state index in [1.165, 1.54) is 12.8 Å². The molecule has 1 saturated carbocycles. The Kier molecular flexibility index (Phi) is 5.55. The summed E-state index contributed by atoms with van der Waals surface area (Å²) in [6.45, 7) is 1.36. The molecule has 1 saturated heterocycles. The first-order chi connectivity index (χ1) is 13.7. The van der Waals surface area contributed by atoms with Crippen LogP contribution < -0.4 is 5.32 Å². The highest BCUT2D eigenvalue weighted by molar-refractivity contribution is 5.85. The summed E-state index contributed by atoms with van der Waals surface area (Å²) in [5.41, 5.74) is 1.96. The molecule has 1 N–H and O–H groups in total. The Hall–Kier alpha value is -2.89. The van der Waals surface area contributed by atoms with E-state index in [2.05, 4.69) is 10.3 Å². The van der Waals surface area contributed by atoms with Crippen molar-refractivity contribution < 1.29 is 9.59 Å². The Bertz CT molecular complexity index is 766. The summed E-state index contributed by atoms with van der Waals surface area (Å²) in [5.74, 6) is 0.0634. The number of benzene rings is 1. The number of amides is 3. The minimum absolute atomic E-state index is 0.0634. The number of carbonyl (C=O) groups is 2. The predicted molar refractivity (Wildman–Crippen MR) is 107 cm³/mol. The summed E-state index contributed by atoms with van der Waals surface area (Å²) in [6.07, 6.45) is 8.03. The number of hydrogen-bond donors (Lipinski definition) is 1. The smallest absolute Gasteiger partial charge is 0.318 e. The molecule has 3 amide bonds. The maximum absolute atomic E-state index is 13.0. The van der Waals surface area contributed by atoms with Gasteiger partial charge in [0.25, 0.3) is 0 Å². The highest BCUT2D eigenvalue weighted by atomic mass is 16.2. The van der Waals surface area contributed by atoms with E-state index in [9.17, 15) is 9.59 Å². The quantitative estimate of drug-likeness (QED) is 0.890. The molecule has 1 aromatic heterocycles. The Morgan fingerprint density at radius 1 is 1.00 bits per heavy atom. The van der Waals surface area contributed by atoms with Gasteiger partial charge < -0.3 is 15.1 Å². The lowest BCUT2D eigenvalue weighted by Crippen LogP contribution is -2.57. The summed E-state index contributed by atoms with van der Waals surface area (Å²) in [7, 11) is 0. The molecule has 2 aliphatic rings. The van der Waals surface area contributed by atoms with Crippen molar-refractivity contribution in [2.24, 2.45) is 0 Å². The zero-order valence-corrected chi connectivity index (χ0v) is 16.0. The van der Waals surface area contributed by atoms with E-state index in [0.717, 1.165) is 24.0 Å². The Morgan fingerprint density at radius 3 is 2.36 bits per heavy atom. The fourth-order valence-electron chi connectivity index (χ4n) is 4.24. The summed E-state index contributed by atoms with van der Waals surface area (Å²) in [4.78, 5) is 33.3. The van der Waals surface area contributed by atoms with Crippen LogP contribution in [0.5, 0.6) is 0 Å². The van der Waals surface area contributed by atoms with Gasteiger partial charge in [0.15, 0.2) is 0 Å². The minimum atomic E-state index is -0.278. The molecule has 2 fully saturated rings. The monoisotopic (exact) mass is 378 g/mol. The lowest BCUT2D eigenvalue weighted by atomic mass is 10.00. The number of urea groups is 1. The topological polar surface area (TPSA) is 65.5 Å². The van der Waals surface area contributed by atoms with Gasteiger partial charge in [-0.15, -0.1) is 0 Å². The zero-order chi connectivity index (χ0) is 19.3. The Morgan fingerprint density at radius 2 is 1.68 bits per heavy atom. The van der Waals surface area contributed by atoms with Crippen molar-refractivity contribution in [3.05, 3.63) is 66.0 Å². The van der Waals surface area contributed by atoms with E-state index in [-0.39, 0.29) is 24.5 Å². The van der Waals surface area contributed by atoms with Gasteiger partial charge in [0.1, 0.15) is 6.54 Å². The molecule has 0 bridgehead atoms. The molecule has 6 heteroatoms. The summed E-state index contributed by atoms with van der Waals surface area (Å²) >= 11 is 0. The number of aromatic nitrogens is 1. The maximum Gasteiger partial charge on any atom is 0.318 e.